The first kappa shape index (κ1) is 31.4. The van der Waals surface area contributed by atoms with Crippen LogP contribution in [-0.4, -0.2) is 102 Å². The van der Waals surface area contributed by atoms with E-state index in [9.17, 15) is 18.0 Å². The molecular weight excluding hydrogens is 568 g/mol. The van der Waals surface area contributed by atoms with Crippen molar-refractivity contribution in [2.75, 3.05) is 70.2 Å². The lowest BCUT2D eigenvalue weighted by atomic mass is 9.74. The Labute approximate surface area is 255 Å². The molecule has 3 heterocycles. The molecule has 0 saturated carbocycles. The molecule has 1 spiro atoms. The Kier molecular flexibility index (Phi) is 10.1. The molecule has 1 N–H and O–H groups in total. The molecule has 2 aromatic carbocycles. The Balaban J connectivity index is 1.24. The van der Waals surface area contributed by atoms with Gasteiger partial charge < -0.3 is 24.6 Å². The molecule has 3 aliphatic heterocycles. The van der Waals surface area contributed by atoms with Gasteiger partial charge in [-0.15, -0.1) is 0 Å². The van der Waals surface area contributed by atoms with Crippen LogP contribution < -0.4 is 9.62 Å². The second kappa shape index (κ2) is 13.8. The Bertz CT molecular complexity index is 1350. The van der Waals surface area contributed by atoms with E-state index in [2.05, 4.69) is 10.2 Å². The maximum absolute atomic E-state index is 13.9. The van der Waals surface area contributed by atoms with Gasteiger partial charge in [-0.25, -0.2) is 8.42 Å². The number of carbonyl (C=O) groups is 2. The van der Waals surface area contributed by atoms with Crippen LogP contribution in [0.5, 0.6) is 0 Å². The standard InChI is InChI=1S/C32H44N4O6S/c1-41-21-20-34-16-12-26(13-17-34)30(37)33-28(23-42-22-25-8-4-3-5-9-25)31(38)35-18-14-32(15-19-35)24-36(43(2,39)40)29-11-7-6-10-27(29)32/h3-11,26,28H,12-24H2,1-2H3,(H,33,37)/t28-/m1/s1. The minimum absolute atomic E-state index is 0.0818. The number of methoxy groups -OCH3 is 1. The quantitative estimate of drug-likeness (QED) is 0.415. The molecule has 0 bridgehead atoms. The number of hydrogen-bond acceptors (Lipinski definition) is 7. The number of ether oxygens (including phenoxy) is 2. The minimum atomic E-state index is -3.42. The van der Waals surface area contributed by atoms with Gasteiger partial charge in [-0.1, -0.05) is 48.5 Å². The number of anilines is 1. The van der Waals surface area contributed by atoms with Crippen molar-refractivity contribution in [3.05, 3.63) is 65.7 Å². The van der Waals surface area contributed by atoms with Gasteiger partial charge >= 0.3 is 0 Å². The van der Waals surface area contributed by atoms with Crippen LogP contribution in [0.25, 0.3) is 0 Å². The van der Waals surface area contributed by atoms with Crippen LogP contribution in [0.3, 0.4) is 0 Å². The zero-order valence-electron chi connectivity index (χ0n) is 25.2. The van der Waals surface area contributed by atoms with Crippen molar-refractivity contribution >= 4 is 27.5 Å². The average molecular weight is 613 g/mol. The molecule has 1 atom stereocenters. The lowest BCUT2D eigenvalue weighted by Gasteiger charge is -2.41. The molecule has 2 aromatic rings. The monoisotopic (exact) mass is 612 g/mol. The van der Waals surface area contributed by atoms with E-state index in [0.717, 1.165) is 49.3 Å². The minimum Gasteiger partial charge on any atom is -0.383 e. The van der Waals surface area contributed by atoms with Crippen molar-refractivity contribution < 1.29 is 27.5 Å². The van der Waals surface area contributed by atoms with Crippen molar-refractivity contribution in [2.24, 2.45) is 5.92 Å². The van der Waals surface area contributed by atoms with Crippen LogP contribution >= 0.6 is 0 Å². The van der Waals surface area contributed by atoms with E-state index in [1.165, 1.54) is 10.6 Å². The van der Waals surface area contributed by atoms with E-state index in [1.807, 2.05) is 54.6 Å². The van der Waals surface area contributed by atoms with Crippen LogP contribution in [0.4, 0.5) is 5.69 Å². The molecule has 2 saturated heterocycles. The first-order valence-corrected chi connectivity index (χ1v) is 17.0. The maximum Gasteiger partial charge on any atom is 0.247 e. The van der Waals surface area contributed by atoms with E-state index in [-0.39, 0.29) is 29.8 Å². The van der Waals surface area contributed by atoms with Crippen LogP contribution in [0.2, 0.25) is 0 Å². The molecule has 234 valence electrons. The molecule has 0 unspecified atom stereocenters. The molecule has 0 aromatic heterocycles. The van der Waals surface area contributed by atoms with E-state index < -0.39 is 16.1 Å². The molecule has 0 radical (unpaired) electrons. The molecule has 10 nitrogen and oxygen atoms in total. The first-order chi connectivity index (χ1) is 20.7. The maximum atomic E-state index is 13.9. The Morgan fingerprint density at radius 2 is 1.67 bits per heavy atom. The van der Waals surface area contributed by atoms with Gasteiger partial charge in [0.05, 0.1) is 31.8 Å². The van der Waals surface area contributed by atoms with Crippen molar-refractivity contribution in [1.29, 1.82) is 0 Å². The van der Waals surface area contributed by atoms with Crippen molar-refractivity contribution in [3.63, 3.8) is 0 Å². The lowest BCUT2D eigenvalue weighted by molar-refractivity contribution is -0.141. The smallest absolute Gasteiger partial charge is 0.247 e. The number of nitrogens with one attached hydrogen (secondary N) is 1. The third kappa shape index (κ3) is 7.39. The van der Waals surface area contributed by atoms with Gasteiger partial charge in [0.2, 0.25) is 21.8 Å². The summed E-state index contributed by atoms with van der Waals surface area (Å²) in [6.07, 6.45) is 4.02. The second-order valence-corrected chi connectivity index (χ2v) is 14.0. The fraction of sp³-hybridized carbons (Fsp3) is 0.562. The Hall–Kier alpha value is -2.99. The number of hydrogen-bond donors (Lipinski definition) is 1. The number of amides is 2. The topological polar surface area (TPSA) is 108 Å². The largest absolute Gasteiger partial charge is 0.383 e. The highest BCUT2D eigenvalue weighted by molar-refractivity contribution is 7.92. The predicted octanol–water partition coefficient (Wildman–Crippen LogP) is 2.39. The van der Waals surface area contributed by atoms with Crippen LogP contribution in [0.15, 0.2) is 54.6 Å². The molecule has 5 rings (SSSR count). The average Bonchev–Trinajstić information content (AvgIpc) is 3.34. The molecule has 2 fully saturated rings. The number of rotatable bonds is 11. The third-order valence-electron chi connectivity index (χ3n) is 9.20. The molecule has 3 aliphatic rings. The highest BCUT2D eigenvalue weighted by Crippen LogP contribution is 2.47. The third-order valence-corrected chi connectivity index (χ3v) is 10.3. The Morgan fingerprint density at radius 3 is 2.35 bits per heavy atom. The summed E-state index contributed by atoms with van der Waals surface area (Å²) in [5.41, 5.74) is 2.42. The number of likely N-dealkylation sites (tertiary alicyclic amines) is 2. The van der Waals surface area contributed by atoms with Gasteiger partial charge in [-0.3, -0.25) is 13.9 Å². The summed E-state index contributed by atoms with van der Waals surface area (Å²) in [5.74, 6) is -0.403. The van der Waals surface area contributed by atoms with Gasteiger partial charge in [0.25, 0.3) is 0 Å². The number of piperidine rings is 2. The van der Waals surface area contributed by atoms with E-state index in [4.69, 9.17) is 9.47 Å². The van der Waals surface area contributed by atoms with Crippen molar-refractivity contribution in [1.82, 2.24) is 15.1 Å². The fourth-order valence-corrected chi connectivity index (χ4v) is 7.65. The van der Waals surface area contributed by atoms with E-state index in [0.29, 0.717) is 45.7 Å². The first-order valence-electron chi connectivity index (χ1n) is 15.2. The molecule has 11 heteroatoms. The highest BCUT2D eigenvalue weighted by Gasteiger charge is 2.48. The highest BCUT2D eigenvalue weighted by atomic mass is 32.2. The summed E-state index contributed by atoms with van der Waals surface area (Å²) in [7, 11) is -1.73. The SMILES string of the molecule is COCCN1CCC(C(=O)N[C@H](COCc2ccccc2)C(=O)N2CCC3(CC2)CN(S(C)(=O)=O)c2ccccc23)CC1. The van der Waals surface area contributed by atoms with Crippen molar-refractivity contribution in [2.45, 2.75) is 43.7 Å². The summed E-state index contributed by atoms with van der Waals surface area (Å²) in [6, 6.07) is 16.7. The zero-order chi connectivity index (χ0) is 30.5. The molecule has 43 heavy (non-hydrogen) atoms. The second-order valence-electron chi connectivity index (χ2n) is 12.1. The predicted molar refractivity (Wildman–Crippen MR) is 165 cm³/mol. The number of fused-ring (bicyclic) bond motifs is 2. The zero-order valence-corrected chi connectivity index (χ0v) is 26.1. The normalized spacial score (nSPS) is 19.8. The number of carbonyl (C=O) groups excluding carboxylic acids is 2. The summed E-state index contributed by atoms with van der Waals surface area (Å²) >= 11 is 0. The number of sulfonamides is 1. The summed E-state index contributed by atoms with van der Waals surface area (Å²) in [4.78, 5) is 31.4. The number of para-hydroxylation sites is 1. The number of nitrogens with zero attached hydrogens (tertiary/aromatic N) is 3. The van der Waals surface area contributed by atoms with Crippen LogP contribution in [0.1, 0.15) is 36.8 Å². The van der Waals surface area contributed by atoms with Gasteiger partial charge in [0.15, 0.2) is 0 Å². The lowest BCUT2D eigenvalue weighted by Crippen LogP contribution is -2.56. The molecule has 0 aliphatic carbocycles. The summed E-state index contributed by atoms with van der Waals surface area (Å²) in [5, 5.41) is 3.05. The molecular formula is C32H44N4O6S. The fourth-order valence-electron chi connectivity index (χ4n) is 6.66. The number of benzene rings is 2. The molecule has 2 amide bonds. The Morgan fingerprint density at radius 1 is 1.00 bits per heavy atom. The summed E-state index contributed by atoms with van der Waals surface area (Å²) in [6.45, 7) is 4.94. The summed E-state index contributed by atoms with van der Waals surface area (Å²) < 4.78 is 37.8. The van der Waals surface area contributed by atoms with Gasteiger partial charge in [-0.05, 0) is 56.0 Å². The van der Waals surface area contributed by atoms with Gasteiger partial charge in [-0.2, -0.15) is 0 Å². The van der Waals surface area contributed by atoms with E-state index >= 15 is 0 Å². The van der Waals surface area contributed by atoms with Gasteiger partial charge in [0, 0.05) is 44.6 Å². The van der Waals surface area contributed by atoms with Crippen molar-refractivity contribution in [3.8, 4) is 0 Å². The van der Waals surface area contributed by atoms with Crippen LogP contribution in [-0.2, 0) is 41.1 Å². The van der Waals surface area contributed by atoms with Gasteiger partial charge in [0.1, 0.15) is 6.04 Å². The van der Waals surface area contributed by atoms with Crippen LogP contribution in [0, 0.1) is 5.92 Å². The van der Waals surface area contributed by atoms with E-state index in [1.54, 1.807) is 12.0 Å².